The summed E-state index contributed by atoms with van der Waals surface area (Å²) in [4.78, 5) is 38.2. The van der Waals surface area contributed by atoms with E-state index in [0.717, 1.165) is 27.8 Å². The Balaban J connectivity index is 1.94. The Morgan fingerprint density at radius 2 is 1.91 bits per heavy atom. The second-order valence-corrected chi connectivity index (χ2v) is 8.59. The van der Waals surface area contributed by atoms with Crippen molar-refractivity contribution in [1.82, 2.24) is 4.90 Å². The largest absolute Gasteiger partial charge is 0.490 e. The average molecular weight is 500 g/mol. The monoisotopic (exact) mass is 499 g/mol. The van der Waals surface area contributed by atoms with Crippen molar-refractivity contribution in [2.75, 3.05) is 13.7 Å². The van der Waals surface area contributed by atoms with Gasteiger partial charge in [-0.15, -0.1) is 6.58 Å². The molecule has 1 atom stereocenters. The van der Waals surface area contributed by atoms with Crippen LogP contribution in [0.3, 0.4) is 0 Å². The maximum absolute atomic E-state index is 13.2. The van der Waals surface area contributed by atoms with Crippen LogP contribution in [0.1, 0.15) is 30.5 Å². The van der Waals surface area contributed by atoms with Gasteiger partial charge in [-0.3, -0.25) is 14.5 Å². The predicted octanol–water partition coefficient (Wildman–Crippen LogP) is 5.13. The maximum Gasteiger partial charge on any atom is 0.328 e. The second kappa shape index (κ2) is 11.7. The van der Waals surface area contributed by atoms with Gasteiger partial charge in [0.2, 0.25) is 0 Å². The van der Waals surface area contributed by atoms with E-state index in [1.807, 2.05) is 13.0 Å². The molecule has 0 saturated carbocycles. The molecule has 0 radical (unpaired) electrons. The Morgan fingerprint density at radius 3 is 2.54 bits per heavy atom. The van der Waals surface area contributed by atoms with Crippen molar-refractivity contribution in [3.63, 3.8) is 0 Å². The Hall–Kier alpha value is -3.59. The van der Waals surface area contributed by atoms with E-state index < -0.39 is 23.2 Å². The highest BCUT2D eigenvalue weighted by molar-refractivity contribution is 8.18. The molecule has 184 valence electrons. The van der Waals surface area contributed by atoms with Crippen LogP contribution in [0.4, 0.5) is 9.18 Å². The number of carbonyl (C=O) groups excluding carboxylic acids is 3. The number of thioether (sulfide) groups is 1. The van der Waals surface area contributed by atoms with Crippen molar-refractivity contribution in [2.45, 2.75) is 32.9 Å². The number of nitrogens with zero attached hydrogens (tertiary/aromatic N) is 1. The standard InChI is InChI=1S/C26H26FNO6S/c1-5-7-19-12-18(14-22-24(29)28(26(31)35-22)16(3)25(30)32-4)13-21(33-6-2)23(19)34-15-17-8-10-20(27)11-9-17/h5,8-14,16H,1,6-7,15H2,2-4H3/b22-14+/t16-/m0/s1. The molecule has 0 unspecified atom stereocenters. The van der Waals surface area contributed by atoms with Gasteiger partial charge in [-0.25, -0.2) is 9.18 Å². The molecule has 2 aromatic carbocycles. The molecule has 35 heavy (non-hydrogen) atoms. The molecule has 0 bridgehead atoms. The van der Waals surface area contributed by atoms with Crippen LogP contribution in [0.15, 0.2) is 54.0 Å². The van der Waals surface area contributed by atoms with Crippen molar-refractivity contribution in [3.8, 4) is 11.5 Å². The zero-order valence-corrected chi connectivity index (χ0v) is 20.5. The fourth-order valence-electron chi connectivity index (χ4n) is 3.48. The van der Waals surface area contributed by atoms with Crippen LogP contribution < -0.4 is 9.47 Å². The van der Waals surface area contributed by atoms with E-state index in [1.54, 1.807) is 30.4 Å². The third-order valence-corrected chi connectivity index (χ3v) is 6.05. The number of allylic oxidation sites excluding steroid dienone is 1. The number of carbonyl (C=O) groups is 3. The lowest BCUT2D eigenvalue weighted by molar-refractivity contribution is -0.148. The van der Waals surface area contributed by atoms with Crippen LogP contribution in [-0.2, 0) is 27.4 Å². The molecular formula is C26H26FNO6S. The molecule has 1 saturated heterocycles. The van der Waals surface area contributed by atoms with E-state index in [-0.39, 0.29) is 17.3 Å². The quantitative estimate of drug-likeness (QED) is 0.255. The Labute approximate surface area is 207 Å². The smallest absolute Gasteiger partial charge is 0.328 e. The molecule has 2 amide bonds. The van der Waals surface area contributed by atoms with Crippen LogP contribution in [-0.4, -0.2) is 41.8 Å². The molecule has 0 N–H and O–H groups in total. The molecule has 1 aliphatic rings. The molecule has 2 aromatic rings. The van der Waals surface area contributed by atoms with Gasteiger partial charge in [-0.1, -0.05) is 18.2 Å². The lowest BCUT2D eigenvalue weighted by atomic mass is 10.0. The zero-order valence-electron chi connectivity index (χ0n) is 19.7. The molecular weight excluding hydrogens is 473 g/mol. The van der Waals surface area contributed by atoms with Gasteiger partial charge in [-0.2, -0.15) is 0 Å². The number of amides is 2. The zero-order chi connectivity index (χ0) is 25.5. The highest BCUT2D eigenvalue weighted by Crippen LogP contribution is 2.38. The predicted molar refractivity (Wildman–Crippen MR) is 132 cm³/mol. The number of methoxy groups -OCH3 is 1. The molecule has 1 aliphatic heterocycles. The number of benzene rings is 2. The first-order valence-corrected chi connectivity index (χ1v) is 11.7. The minimum Gasteiger partial charge on any atom is -0.490 e. The molecule has 3 rings (SSSR count). The van der Waals surface area contributed by atoms with E-state index in [9.17, 15) is 18.8 Å². The van der Waals surface area contributed by atoms with E-state index in [0.29, 0.717) is 30.1 Å². The molecule has 9 heteroatoms. The highest BCUT2D eigenvalue weighted by Gasteiger charge is 2.41. The number of ether oxygens (including phenoxy) is 3. The van der Waals surface area contributed by atoms with Crippen molar-refractivity contribution in [1.29, 1.82) is 0 Å². The van der Waals surface area contributed by atoms with Crippen molar-refractivity contribution in [2.24, 2.45) is 0 Å². The molecule has 1 heterocycles. The number of hydrogen-bond acceptors (Lipinski definition) is 7. The van der Waals surface area contributed by atoms with E-state index in [2.05, 4.69) is 11.3 Å². The number of imide groups is 1. The van der Waals surface area contributed by atoms with Crippen molar-refractivity contribution >= 4 is 35.0 Å². The summed E-state index contributed by atoms with van der Waals surface area (Å²) in [5.41, 5.74) is 2.17. The van der Waals surface area contributed by atoms with Gasteiger partial charge in [0.25, 0.3) is 11.1 Å². The van der Waals surface area contributed by atoms with E-state index in [1.165, 1.54) is 26.2 Å². The SMILES string of the molecule is C=CCc1cc(/C=C2/SC(=O)N([C@@H](C)C(=O)OC)C2=O)cc(OCC)c1OCc1ccc(F)cc1. The summed E-state index contributed by atoms with van der Waals surface area (Å²) >= 11 is 0.752. The fourth-order valence-corrected chi connectivity index (χ4v) is 4.39. The van der Waals surface area contributed by atoms with Crippen LogP contribution >= 0.6 is 11.8 Å². The number of halogens is 1. The minimum absolute atomic E-state index is 0.178. The first kappa shape index (κ1) is 26.0. The van der Waals surface area contributed by atoms with Crippen LogP contribution in [0, 0.1) is 5.82 Å². The fraction of sp³-hybridized carbons (Fsp3) is 0.269. The van der Waals surface area contributed by atoms with Crippen LogP contribution in [0.2, 0.25) is 0 Å². The summed E-state index contributed by atoms with van der Waals surface area (Å²) in [5.74, 6) is -0.602. The molecule has 0 aliphatic carbocycles. The molecule has 1 fully saturated rings. The molecule has 0 aromatic heterocycles. The van der Waals surface area contributed by atoms with Gasteiger partial charge in [0.1, 0.15) is 18.5 Å². The van der Waals surface area contributed by atoms with Crippen molar-refractivity contribution < 1.29 is 33.0 Å². The third kappa shape index (κ3) is 6.10. The van der Waals surface area contributed by atoms with Crippen molar-refractivity contribution in [3.05, 3.63) is 76.5 Å². The number of esters is 1. The first-order chi connectivity index (χ1) is 16.8. The van der Waals surface area contributed by atoms with Gasteiger partial charge >= 0.3 is 5.97 Å². The summed E-state index contributed by atoms with van der Waals surface area (Å²) < 4.78 is 29.7. The molecule has 7 nitrogen and oxygen atoms in total. The lowest BCUT2D eigenvalue weighted by Gasteiger charge is -2.18. The third-order valence-electron chi connectivity index (χ3n) is 5.17. The lowest BCUT2D eigenvalue weighted by Crippen LogP contribution is -2.42. The maximum atomic E-state index is 13.2. The van der Waals surface area contributed by atoms with E-state index in [4.69, 9.17) is 9.47 Å². The normalized spacial score (nSPS) is 15.3. The summed E-state index contributed by atoms with van der Waals surface area (Å²) in [6, 6.07) is 8.52. The highest BCUT2D eigenvalue weighted by atomic mass is 32.2. The number of hydrogen-bond donors (Lipinski definition) is 0. The summed E-state index contributed by atoms with van der Waals surface area (Å²) in [6.07, 6.45) is 3.75. The Bertz CT molecular complexity index is 1160. The van der Waals surface area contributed by atoms with Gasteiger partial charge in [0.05, 0.1) is 18.6 Å². The summed E-state index contributed by atoms with van der Waals surface area (Å²) in [7, 11) is 1.20. The van der Waals surface area contributed by atoms with E-state index >= 15 is 0 Å². The molecule has 0 spiro atoms. The van der Waals surface area contributed by atoms with Gasteiger partial charge in [-0.05, 0) is 73.5 Å². The summed E-state index contributed by atoms with van der Waals surface area (Å²) in [6.45, 7) is 7.65. The topological polar surface area (TPSA) is 82.1 Å². The first-order valence-electron chi connectivity index (χ1n) is 10.9. The number of rotatable bonds is 10. The second-order valence-electron chi connectivity index (χ2n) is 7.60. The van der Waals surface area contributed by atoms with Gasteiger partial charge in [0.15, 0.2) is 11.5 Å². The minimum atomic E-state index is -1.03. The van der Waals surface area contributed by atoms with Crippen LogP contribution in [0.25, 0.3) is 6.08 Å². The van der Waals surface area contributed by atoms with Crippen LogP contribution in [0.5, 0.6) is 11.5 Å². The Kier molecular flexibility index (Phi) is 8.70. The van der Waals surface area contributed by atoms with Gasteiger partial charge in [0, 0.05) is 5.56 Å². The van der Waals surface area contributed by atoms with Gasteiger partial charge < -0.3 is 14.2 Å². The summed E-state index contributed by atoms with van der Waals surface area (Å²) in [5, 5.41) is -0.547. The average Bonchev–Trinajstić information content (AvgIpc) is 3.11. The Morgan fingerprint density at radius 1 is 1.20 bits per heavy atom.